The highest BCUT2D eigenvalue weighted by Gasteiger charge is 2.24. The summed E-state index contributed by atoms with van der Waals surface area (Å²) in [6.07, 6.45) is 1.06. The number of rotatable bonds is 3. The van der Waals surface area contributed by atoms with Gasteiger partial charge in [-0.25, -0.2) is 0 Å². The molecule has 2 rings (SSSR count). The van der Waals surface area contributed by atoms with E-state index in [1.54, 1.807) is 13.2 Å². The zero-order chi connectivity index (χ0) is 9.26. The maximum absolute atomic E-state index is 9.68. The first kappa shape index (κ1) is 8.38. The van der Waals surface area contributed by atoms with Gasteiger partial charge in [0.25, 0.3) is 0 Å². The minimum Gasteiger partial charge on any atom is -0.504 e. The number of aromatic hydroxyl groups is 1. The smallest absolute Gasteiger partial charge is 0.161 e. The summed E-state index contributed by atoms with van der Waals surface area (Å²) < 4.78 is 10.1. The van der Waals surface area contributed by atoms with E-state index in [0.29, 0.717) is 5.75 Å². The molecule has 1 heterocycles. The Morgan fingerprint density at radius 1 is 1.62 bits per heavy atom. The van der Waals surface area contributed by atoms with Gasteiger partial charge >= 0.3 is 0 Å². The number of para-hydroxylation sites is 1. The van der Waals surface area contributed by atoms with Gasteiger partial charge in [0.1, 0.15) is 0 Å². The van der Waals surface area contributed by atoms with Gasteiger partial charge in [0.05, 0.1) is 19.8 Å². The molecule has 0 bridgehead atoms. The molecule has 70 valence electrons. The third-order valence-corrected chi connectivity index (χ3v) is 2.15. The minimum absolute atomic E-state index is 0.237. The molecular formula is C10H12O3. The second-order valence-electron chi connectivity index (χ2n) is 3.13. The molecular weight excluding hydrogens is 168 g/mol. The highest BCUT2D eigenvalue weighted by atomic mass is 16.6. The number of phenolic OH excluding ortho intramolecular Hbond substituents is 1. The maximum Gasteiger partial charge on any atom is 0.161 e. The first-order chi connectivity index (χ1) is 6.31. The van der Waals surface area contributed by atoms with Crippen LogP contribution in [0.15, 0.2) is 18.2 Å². The number of benzene rings is 1. The van der Waals surface area contributed by atoms with Crippen molar-refractivity contribution in [3.63, 3.8) is 0 Å². The van der Waals surface area contributed by atoms with Gasteiger partial charge in [0.2, 0.25) is 0 Å². The van der Waals surface area contributed by atoms with Crippen LogP contribution >= 0.6 is 0 Å². The van der Waals surface area contributed by atoms with E-state index in [0.717, 1.165) is 18.6 Å². The van der Waals surface area contributed by atoms with E-state index in [1.165, 1.54) is 0 Å². The van der Waals surface area contributed by atoms with E-state index in [2.05, 4.69) is 0 Å². The van der Waals surface area contributed by atoms with Crippen LogP contribution < -0.4 is 4.74 Å². The van der Waals surface area contributed by atoms with Crippen LogP contribution in [-0.2, 0) is 11.2 Å². The van der Waals surface area contributed by atoms with Crippen LogP contribution in [0.2, 0.25) is 0 Å². The second-order valence-corrected chi connectivity index (χ2v) is 3.13. The summed E-state index contributed by atoms with van der Waals surface area (Å²) >= 11 is 0. The van der Waals surface area contributed by atoms with Gasteiger partial charge in [-0.3, -0.25) is 0 Å². The fourth-order valence-electron chi connectivity index (χ4n) is 1.33. The van der Waals surface area contributed by atoms with E-state index in [-0.39, 0.29) is 11.9 Å². The first-order valence-electron chi connectivity index (χ1n) is 4.27. The first-order valence-corrected chi connectivity index (χ1v) is 4.27. The summed E-state index contributed by atoms with van der Waals surface area (Å²) in [6.45, 7) is 0.802. The molecule has 0 aromatic heterocycles. The van der Waals surface area contributed by atoms with E-state index in [9.17, 15) is 5.11 Å². The number of hydrogen-bond donors (Lipinski definition) is 1. The summed E-state index contributed by atoms with van der Waals surface area (Å²) in [7, 11) is 1.55. The maximum atomic E-state index is 9.68. The largest absolute Gasteiger partial charge is 0.504 e. The number of epoxide rings is 1. The van der Waals surface area contributed by atoms with Crippen molar-refractivity contribution < 1.29 is 14.6 Å². The van der Waals surface area contributed by atoms with Crippen molar-refractivity contribution in [2.45, 2.75) is 12.5 Å². The normalized spacial score (nSPS) is 19.9. The van der Waals surface area contributed by atoms with Gasteiger partial charge in [-0.15, -0.1) is 0 Å². The Hall–Kier alpha value is -1.22. The lowest BCUT2D eigenvalue weighted by atomic mass is 10.1. The number of methoxy groups -OCH3 is 1. The topological polar surface area (TPSA) is 42.0 Å². The van der Waals surface area contributed by atoms with Crippen LogP contribution in [0, 0.1) is 0 Å². The quantitative estimate of drug-likeness (QED) is 0.714. The van der Waals surface area contributed by atoms with Crippen molar-refractivity contribution in [2.24, 2.45) is 0 Å². The summed E-state index contributed by atoms with van der Waals surface area (Å²) in [5, 5.41) is 9.68. The second kappa shape index (κ2) is 3.26. The monoisotopic (exact) mass is 180 g/mol. The number of phenols is 1. The van der Waals surface area contributed by atoms with Gasteiger partial charge in [-0.1, -0.05) is 12.1 Å². The van der Waals surface area contributed by atoms with Crippen LogP contribution in [-0.4, -0.2) is 24.9 Å². The summed E-state index contributed by atoms with van der Waals surface area (Å²) in [6, 6.07) is 5.50. The summed E-state index contributed by atoms with van der Waals surface area (Å²) in [5.41, 5.74) is 0.891. The van der Waals surface area contributed by atoms with Crippen LogP contribution in [0.25, 0.3) is 0 Å². The molecule has 1 fully saturated rings. The molecule has 1 aromatic carbocycles. The van der Waals surface area contributed by atoms with Gasteiger partial charge in [-0.05, 0) is 6.07 Å². The van der Waals surface area contributed by atoms with Crippen molar-refractivity contribution >= 4 is 0 Å². The molecule has 1 aromatic rings. The Labute approximate surface area is 76.9 Å². The molecule has 1 N–H and O–H groups in total. The molecule has 3 nitrogen and oxygen atoms in total. The van der Waals surface area contributed by atoms with Crippen molar-refractivity contribution in [3.8, 4) is 11.5 Å². The number of ether oxygens (including phenoxy) is 2. The molecule has 3 heteroatoms. The van der Waals surface area contributed by atoms with Crippen LogP contribution in [0.5, 0.6) is 11.5 Å². The highest BCUT2D eigenvalue weighted by molar-refractivity contribution is 5.45. The fraction of sp³-hybridized carbons (Fsp3) is 0.400. The van der Waals surface area contributed by atoms with Crippen LogP contribution in [0.1, 0.15) is 5.56 Å². The van der Waals surface area contributed by atoms with E-state index in [4.69, 9.17) is 9.47 Å². The summed E-state index contributed by atoms with van der Waals surface area (Å²) in [5.74, 6) is 0.763. The van der Waals surface area contributed by atoms with Gasteiger partial charge in [0, 0.05) is 12.0 Å². The van der Waals surface area contributed by atoms with E-state index < -0.39 is 0 Å². The average Bonchev–Trinajstić information content (AvgIpc) is 2.92. The molecule has 1 unspecified atom stereocenters. The SMILES string of the molecule is COc1cccc(CC2CO2)c1O. The highest BCUT2D eigenvalue weighted by Crippen LogP contribution is 2.31. The standard InChI is InChI=1S/C10H12O3/c1-12-9-4-2-3-7(10(9)11)5-8-6-13-8/h2-4,8,11H,5-6H2,1H3. The fourth-order valence-corrected chi connectivity index (χ4v) is 1.33. The molecule has 1 atom stereocenters. The Morgan fingerprint density at radius 2 is 2.38 bits per heavy atom. The molecule has 0 radical (unpaired) electrons. The predicted molar refractivity (Wildman–Crippen MR) is 48.1 cm³/mol. The Bertz CT molecular complexity index is 305. The molecule has 13 heavy (non-hydrogen) atoms. The third-order valence-electron chi connectivity index (χ3n) is 2.15. The van der Waals surface area contributed by atoms with Crippen molar-refractivity contribution in [1.29, 1.82) is 0 Å². The average molecular weight is 180 g/mol. The summed E-state index contributed by atoms with van der Waals surface area (Å²) in [4.78, 5) is 0. The van der Waals surface area contributed by atoms with Gasteiger partial charge in [0.15, 0.2) is 11.5 Å². The lowest BCUT2D eigenvalue weighted by Gasteiger charge is -2.06. The lowest BCUT2D eigenvalue weighted by Crippen LogP contribution is -1.94. The molecule has 0 spiro atoms. The van der Waals surface area contributed by atoms with Gasteiger partial charge in [-0.2, -0.15) is 0 Å². The van der Waals surface area contributed by atoms with E-state index in [1.807, 2.05) is 12.1 Å². The van der Waals surface area contributed by atoms with Gasteiger partial charge < -0.3 is 14.6 Å². The zero-order valence-electron chi connectivity index (χ0n) is 7.49. The number of hydrogen-bond acceptors (Lipinski definition) is 3. The molecule has 0 saturated carbocycles. The molecule has 1 saturated heterocycles. The molecule has 1 aliphatic rings. The van der Waals surface area contributed by atoms with E-state index >= 15 is 0 Å². The van der Waals surface area contributed by atoms with Crippen LogP contribution in [0.4, 0.5) is 0 Å². The Kier molecular flexibility index (Phi) is 2.10. The Balaban J connectivity index is 2.22. The Morgan fingerprint density at radius 3 is 3.00 bits per heavy atom. The minimum atomic E-state index is 0.237. The third kappa shape index (κ3) is 1.75. The van der Waals surface area contributed by atoms with Crippen LogP contribution in [0.3, 0.4) is 0 Å². The van der Waals surface area contributed by atoms with Crippen molar-refractivity contribution in [1.82, 2.24) is 0 Å². The molecule has 0 amide bonds. The molecule has 1 aliphatic heterocycles. The van der Waals surface area contributed by atoms with Crippen molar-refractivity contribution in [2.75, 3.05) is 13.7 Å². The predicted octanol–water partition coefficient (Wildman–Crippen LogP) is 1.34. The zero-order valence-corrected chi connectivity index (χ0v) is 7.49. The van der Waals surface area contributed by atoms with Crippen molar-refractivity contribution in [3.05, 3.63) is 23.8 Å². The molecule has 0 aliphatic carbocycles. The lowest BCUT2D eigenvalue weighted by molar-refractivity contribution is 0.366.